The molecule has 0 bridgehead atoms. The zero-order valence-corrected chi connectivity index (χ0v) is 11.2. The standard InChI is InChI=1S/C13H11BrN4/c14-11-3-1-2-10(6-11)4-5-16-13-7-12(8-15)17-9-18-13/h1-3,6-7,9H,4-5H2,(H,16,17,18). The lowest BCUT2D eigenvalue weighted by atomic mass is 10.1. The summed E-state index contributed by atoms with van der Waals surface area (Å²) in [6.07, 6.45) is 2.28. The quantitative estimate of drug-likeness (QED) is 0.943. The third kappa shape index (κ3) is 3.54. The largest absolute Gasteiger partial charge is 0.370 e. The summed E-state index contributed by atoms with van der Waals surface area (Å²) >= 11 is 3.44. The van der Waals surface area contributed by atoms with Gasteiger partial charge in [0.1, 0.15) is 23.9 Å². The van der Waals surface area contributed by atoms with E-state index in [1.54, 1.807) is 6.07 Å². The fourth-order valence-electron chi connectivity index (χ4n) is 1.54. The first-order chi connectivity index (χ1) is 8.78. The molecule has 4 nitrogen and oxygen atoms in total. The van der Waals surface area contributed by atoms with E-state index >= 15 is 0 Å². The van der Waals surface area contributed by atoms with Crippen LogP contribution in [0.3, 0.4) is 0 Å². The van der Waals surface area contributed by atoms with Gasteiger partial charge in [0.15, 0.2) is 0 Å². The number of hydrogen-bond donors (Lipinski definition) is 1. The molecule has 0 saturated heterocycles. The molecule has 1 aromatic carbocycles. The Hall–Kier alpha value is -1.93. The van der Waals surface area contributed by atoms with Crippen molar-refractivity contribution in [2.45, 2.75) is 6.42 Å². The van der Waals surface area contributed by atoms with Crippen LogP contribution in [0.5, 0.6) is 0 Å². The third-order valence-electron chi connectivity index (χ3n) is 2.39. The summed E-state index contributed by atoms with van der Waals surface area (Å²) in [7, 11) is 0. The SMILES string of the molecule is N#Cc1cc(NCCc2cccc(Br)c2)ncn1. The molecular weight excluding hydrogens is 292 g/mol. The summed E-state index contributed by atoms with van der Waals surface area (Å²) in [6.45, 7) is 0.762. The minimum Gasteiger partial charge on any atom is -0.370 e. The number of nitrogens with zero attached hydrogens (tertiary/aromatic N) is 3. The number of anilines is 1. The lowest BCUT2D eigenvalue weighted by Crippen LogP contribution is -2.06. The topological polar surface area (TPSA) is 61.6 Å². The minimum atomic E-state index is 0.370. The number of hydrogen-bond acceptors (Lipinski definition) is 4. The molecule has 0 amide bonds. The molecular formula is C13H11BrN4. The molecule has 0 spiro atoms. The van der Waals surface area contributed by atoms with Gasteiger partial charge >= 0.3 is 0 Å². The van der Waals surface area contributed by atoms with Gasteiger partial charge in [0.25, 0.3) is 0 Å². The highest BCUT2D eigenvalue weighted by Crippen LogP contribution is 2.12. The van der Waals surface area contributed by atoms with Crippen LogP contribution in [0.2, 0.25) is 0 Å². The van der Waals surface area contributed by atoms with E-state index in [0.717, 1.165) is 17.4 Å². The molecule has 5 heteroatoms. The van der Waals surface area contributed by atoms with E-state index in [-0.39, 0.29) is 0 Å². The Morgan fingerprint density at radius 2 is 2.17 bits per heavy atom. The molecule has 18 heavy (non-hydrogen) atoms. The highest BCUT2D eigenvalue weighted by Gasteiger charge is 1.98. The second kappa shape index (κ2) is 6.12. The molecule has 0 aliphatic heterocycles. The first kappa shape index (κ1) is 12.5. The maximum atomic E-state index is 8.72. The summed E-state index contributed by atoms with van der Waals surface area (Å²) < 4.78 is 1.08. The molecule has 2 rings (SSSR count). The van der Waals surface area contributed by atoms with Crippen molar-refractivity contribution in [3.05, 3.63) is 52.4 Å². The number of benzene rings is 1. The van der Waals surface area contributed by atoms with Crippen molar-refractivity contribution < 1.29 is 0 Å². The van der Waals surface area contributed by atoms with Crippen LogP contribution >= 0.6 is 15.9 Å². The van der Waals surface area contributed by atoms with Crippen molar-refractivity contribution in [3.8, 4) is 6.07 Å². The second-order valence-electron chi connectivity index (χ2n) is 3.71. The summed E-state index contributed by atoms with van der Waals surface area (Å²) in [5, 5.41) is 11.9. The van der Waals surface area contributed by atoms with Crippen LogP contribution in [0.25, 0.3) is 0 Å². The lowest BCUT2D eigenvalue weighted by molar-refractivity contribution is 0.996. The molecule has 1 heterocycles. The maximum Gasteiger partial charge on any atom is 0.145 e. The Balaban J connectivity index is 1.90. The third-order valence-corrected chi connectivity index (χ3v) is 2.88. The van der Waals surface area contributed by atoms with Gasteiger partial charge in [0.2, 0.25) is 0 Å². The summed E-state index contributed by atoms with van der Waals surface area (Å²) in [5.41, 5.74) is 1.61. The summed E-state index contributed by atoms with van der Waals surface area (Å²) in [5.74, 6) is 0.677. The van der Waals surface area contributed by atoms with Crippen molar-refractivity contribution in [1.29, 1.82) is 5.26 Å². The zero-order chi connectivity index (χ0) is 12.8. The van der Waals surface area contributed by atoms with E-state index in [1.807, 2.05) is 18.2 Å². The van der Waals surface area contributed by atoms with E-state index in [0.29, 0.717) is 11.5 Å². The molecule has 0 fully saturated rings. The van der Waals surface area contributed by atoms with Crippen LogP contribution in [-0.2, 0) is 6.42 Å². The average molecular weight is 303 g/mol. The van der Waals surface area contributed by atoms with Crippen molar-refractivity contribution in [3.63, 3.8) is 0 Å². The highest BCUT2D eigenvalue weighted by molar-refractivity contribution is 9.10. The van der Waals surface area contributed by atoms with Crippen LogP contribution in [0, 0.1) is 11.3 Å². The van der Waals surface area contributed by atoms with E-state index in [9.17, 15) is 0 Å². The number of aromatic nitrogens is 2. The molecule has 90 valence electrons. The predicted molar refractivity (Wildman–Crippen MR) is 73.1 cm³/mol. The van der Waals surface area contributed by atoms with Gasteiger partial charge in [0.05, 0.1) is 0 Å². The van der Waals surface area contributed by atoms with E-state index in [4.69, 9.17) is 5.26 Å². The molecule has 0 aliphatic rings. The van der Waals surface area contributed by atoms with Gasteiger partial charge in [0, 0.05) is 17.1 Å². The summed E-state index contributed by atoms with van der Waals surface area (Å²) in [4.78, 5) is 7.87. The Kier molecular flexibility index (Phi) is 4.26. The Labute approximate surface area is 114 Å². The van der Waals surface area contributed by atoms with Gasteiger partial charge in [-0.1, -0.05) is 28.1 Å². The smallest absolute Gasteiger partial charge is 0.145 e. The first-order valence-corrected chi connectivity index (χ1v) is 6.28. The van der Waals surface area contributed by atoms with Crippen molar-refractivity contribution >= 4 is 21.7 Å². The number of nitrogens with one attached hydrogen (secondary N) is 1. The summed E-state index contributed by atoms with van der Waals surface area (Å²) in [6, 6.07) is 11.8. The molecule has 1 aromatic heterocycles. The average Bonchev–Trinajstić information content (AvgIpc) is 2.39. The van der Waals surface area contributed by atoms with Crippen molar-refractivity contribution in [1.82, 2.24) is 9.97 Å². The van der Waals surface area contributed by atoms with Crippen LogP contribution in [0.4, 0.5) is 5.82 Å². The fourth-order valence-corrected chi connectivity index (χ4v) is 1.99. The van der Waals surface area contributed by atoms with Crippen LogP contribution in [0.1, 0.15) is 11.3 Å². The molecule has 0 aliphatic carbocycles. The van der Waals surface area contributed by atoms with Gasteiger partial charge in [-0.3, -0.25) is 0 Å². The molecule has 0 radical (unpaired) electrons. The first-order valence-electron chi connectivity index (χ1n) is 5.48. The van der Waals surface area contributed by atoms with Gasteiger partial charge in [-0.25, -0.2) is 9.97 Å². The molecule has 0 saturated carbocycles. The Bertz CT molecular complexity index is 577. The number of nitriles is 1. The number of halogens is 1. The molecule has 0 atom stereocenters. The normalized spacial score (nSPS) is 9.78. The molecule has 2 aromatic rings. The molecule has 1 N–H and O–H groups in total. The number of rotatable bonds is 4. The van der Waals surface area contributed by atoms with E-state index in [1.165, 1.54) is 11.9 Å². The van der Waals surface area contributed by atoms with Crippen molar-refractivity contribution in [2.24, 2.45) is 0 Å². The Morgan fingerprint density at radius 1 is 1.28 bits per heavy atom. The van der Waals surface area contributed by atoms with Gasteiger partial charge < -0.3 is 5.32 Å². The van der Waals surface area contributed by atoms with Crippen LogP contribution in [0.15, 0.2) is 41.1 Å². The second-order valence-corrected chi connectivity index (χ2v) is 4.62. The van der Waals surface area contributed by atoms with Gasteiger partial charge in [-0.05, 0) is 24.1 Å². The van der Waals surface area contributed by atoms with E-state index < -0.39 is 0 Å². The minimum absolute atomic E-state index is 0.370. The van der Waals surface area contributed by atoms with Crippen molar-refractivity contribution in [2.75, 3.05) is 11.9 Å². The van der Waals surface area contributed by atoms with Crippen LogP contribution in [-0.4, -0.2) is 16.5 Å². The highest BCUT2D eigenvalue weighted by atomic mass is 79.9. The van der Waals surface area contributed by atoms with E-state index in [2.05, 4.69) is 43.3 Å². The monoisotopic (exact) mass is 302 g/mol. The fraction of sp³-hybridized carbons (Fsp3) is 0.154. The van der Waals surface area contributed by atoms with Crippen LogP contribution < -0.4 is 5.32 Å². The lowest BCUT2D eigenvalue weighted by Gasteiger charge is -2.05. The van der Waals surface area contributed by atoms with Gasteiger partial charge in [-0.15, -0.1) is 0 Å². The predicted octanol–water partition coefficient (Wildman–Crippen LogP) is 2.77. The molecule has 0 unspecified atom stereocenters. The Morgan fingerprint density at radius 3 is 2.94 bits per heavy atom. The zero-order valence-electron chi connectivity index (χ0n) is 9.60. The maximum absolute atomic E-state index is 8.72. The van der Waals surface area contributed by atoms with Gasteiger partial charge in [-0.2, -0.15) is 5.26 Å².